The van der Waals surface area contributed by atoms with Gasteiger partial charge >= 0.3 is 0 Å². The molecule has 0 heterocycles. The van der Waals surface area contributed by atoms with E-state index in [2.05, 4.69) is 52.0 Å². The first-order valence-electron chi connectivity index (χ1n) is 3.86. The molecule has 58 valence electrons. The van der Waals surface area contributed by atoms with Crippen molar-refractivity contribution < 1.29 is 0 Å². The molecule has 0 saturated heterocycles. The van der Waals surface area contributed by atoms with Crippen LogP contribution in [0.2, 0.25) is 0 Å². The van der Waals surface area contributed by atoms with Crippen molar-refractivity contribution in [2.45, 2.75) is 6.92 Å². The van der Waals surface area contributed by atoms with Crippen LogP contribution in [0.25, 0.3) is 0 Å². The van der Waals surface area contributed by atoms with Crippen LogP contribution < -0.4 is 10.4 Å². The zero-order chi connectivity index (χ0) is 8.43. The summed E-state index contributed by atoms with van der Waals surface area (Å²) < 4.78 is 0. The highest BCUT2D eigenvalue weighted by molar-refractivity contribution is 6.33. The third kappa shape index (κ3) is 1.76. The van der Waals surface area contributed by atoms with E-state index in [1.807, 2.05) is 0 Å². The molecule has 11 heavy (non-hydrogen) atoms. The zero-order valence-electron chi connectivity index (χ0n) is 7.68. The highest BCUT2D eigenvalue weighted by Gasteiger charge is 1.96. The van der Waals surface area contributed by atoms with Crippen LogP contribution in [0.15, 0.2) is 18.2 Å². The fourth-order valence-corrected chi connectivity index (χ4v) is 1.00. The van der Waals surface area contributed by atoms with Gasteiger partial charge in [0.05, 0.1) is 0 Å². The van der Waals surface area contributed by atoms with E-state index >= 15 is 0 Å². The average Bonchev–Trinajstić information content (AvgIpc) is 1.94. The largest absolute Gasteiger partial charge is 0.378 e. The molecule has 0 N–H and O–H groups in total. The highest BCUT2D eigenvalue weighted by atomic mass is 15.1. The van der Waals surface area contributed by atoms with Crippen LogP contribution in [0.5, 0.6) is 0 Å². The van der Waals surface area contributed by atoms with E-state index < -0.39 is 0 Å². The average molecular weight is 147 g/mol. The van der Waals surface area contributed by atoms with Crippen molar-refractivity contribution in [3.05, 3.63) is 23.8 Å². The second-order valence-electron chi connectivity index (χ2n) is 3.16. The Morgan fingerprint density at radius 2 is 1.91 bits per heavy atom. The quantitative estimate of drug-likeness (QED) is 0.517. The Bertz CT molecular complexity index is 256. The Kier molecular flexibility index (Phi) is 2.23. The first kappa shape index (κ1) is 8.18. The molecule has 1 nitrogen and oxygen atoms in total. The summed E-state index contributed by atoms with van der Waals surface area (Å²) in [5.41, 5.74) is 3.99. The van der Waals surface area contributed by atoms with Crippen molar-refractivity contribution >= 4 is 19.0 Å². The van der Waals surface area contributed by atoms with Gasteiger partial charge in [-0.05, 0) is 19.1 Å². The van der Waals surface area contributed by atoms with Crippen molar-refractivity contribution in [1.82, 2.24) is 0 Å². The maximum absolute atomic E-state index is 2.20. The van der Waals surface area contributed by atoms with E-state index in [1.54, 1.807) is 0 Å². The Hall–Kier alpha value is -0.915. The molecule has 0 unspecified atom stereocenters. The molecule has 0 fully saturated rings. The van der Waals surface area contributed by atoms with Gasteiger partial charge in [0, 0.05) is 19.8 Å². The molecule has 0 saturated carbocycles. The molecule has 0 aromatic heterocycles. The van der Waals surface area contributed by atoms with Crippen LogP contribution in [0.3, 0.4) is 0 Å². The Labute approximate surface area is 69.4 Å². The summed E-state index contributed by atoms with van der Waals surface area (Å²) in [4.78, 5) is 2.12. The molecule has 0 spiro atoms. The van der Waals surface area contributed by atoms with E-state index in [0.29, 0.717) is 0 Å². The number of benzene rings is 1. The van der Waals surface area contributed by atoms with E-state index in [9.17, 15) is 0 Å². The summed E-state index contributed by atoms with van der Waals surface area (Å²) in [7, 11) is 6.25. The predicted octanol–water partition coefficient (Wildman–Crippen LogP) is 0.319. The van der Waals surface area contributed by atoms with Crippen LogP contribution >= 0.6 is 0 Å². The molecule has 1 rings (SSSR count). The highest BCUT2D eigenvalue weighted by Crippen LogP contribution is 2.10. The van der Waals surface area contributed by atoms with Crippen molar-refractivity contribution in [1.29, 1.82) is 0 Å². The molecule has 0 radical (unpaired) electrons. The molecule has 0 amide bonds. The van der Waals surface area contributed by atoms with Crippen LogP contribution in [-0.2, 0) is 0 Å². The fourth-order valence-electron chi connectivity index (χ4n) is 1.00. The third-order valence-electron chi connectivity index (χ3n) is 2.01. The van der Waals surface area contributed by atoms with Gasteiger partial charge in [-0.2, -0.15) is 0 Å². The molecule has 0 bridgehead atoms. The maximum atomic E-state index is 2.20. The van der Waals surface area contributed by atoms with Gasteiger partial charge < -0.3 is 4.90 Å². The molecule has 0 aliphatic heterocycles. The lowest BCUT2D eigenvalue weighted by atomic mass is 9.91. The fraction of sp³-hybridized carbons (Fsp3) is 0.333. The SMILES string of the molecule is Bc1ccc(N(C)C)cc1C. The van der Waals surface area contributed by atoms with E-state index in [-0.39, 0.29) is 0 Å². The zero-order valence-corrected chi connectivity index (χ0v) is 7.68. The monoisotopic (exact) mass is 147 g/mol. The number of rotatable bonds is 1. The first-order chi connectivity index (χ1) is 5.11. The van der Waals surface area contributed by atoms with Gasteiger partial charge in [0.25, 0.3) is 0 Å². The van der Waals surface area contributed by atoms with E-state index in [1.165, 1.54) is 16.7 Å². The van der Waals surface area contributed by atoms with Crippen LogP contribution in [0.4, 0.5) is 5.69 Å². The number of anilines is 1. The number of hydrogen-bond acceptors (Lipinski definition) is 1. The number of hydrogen-bond donors (Lipinski definition) is 0. The van der Waals surface area contributed by atoms with E-state index in [0.717, 1.165) is 0 Å². The lowest BCUT2D eigenvalue weighted by molar-refractivity contribution is 1.13. The van der Waals surface area contributed by atoms with Crippen LogP contribution in [0.1, 0.15) is 5.56 Å². The normalized spacial score (nSPS) is 9.73. The number of aryl methyl sites for hydroxylation is 1. The molecular formula is C9H14BN. The van der Waals surface area contributed by atoms with Crippen molar-refractivity contribution in [2.75, 3.05) is 19.0 Å². The predicted molar refractivity (Wildman–Crippen MR) is 53.7 cm³/mol. The smallest absolute Gasteiger partial charge is 0.139 e. The molecule has 0 atom stereocenters. The van der Waals surface area contributed by atoms with Gasteiger partial charge in [-0.3, -0.25) is 0 Å². The summed E-state index contributed by atoms with van der Waals surface area (Å²) in [6, 6.07) is 6.50. The summed E-state index contributed by atoms with van der Waals surface area (Å²) >= 11 is 0. The van der Waals surface area contributed by atoms with Crippen molar-refractivity contribution in [2.24, 2.45) is 0 Å². The van der Waals surface area contributed by atoms with Crippen LogP contribution in [0, 0.1) is 6.92 Å². The minimum atomic E-state index is 1.27. The van der Waals surface area contributed by atoms with Gasteiger partial charge in [-0.15, -0.1) is 0 Å². The second kappa shape index (κ2) is 2.99. The lowest BCUT2D eigenvalue weighted by Gasteiger charge is -2.13. The van der Waals surface area contributed by atoms with Crippen LogP contribution in [-0.4, -0.2) is 21.9 Å². The summed E-state index contributed by atoms with van der Waals surface area (Å²) in [5, 5.41) is 0. The molecule has 1 aromatic carbocycles. The lowest BCUT2D eigenvalue weighted by Crippen LogP contribution is -2.12. The molecule has 0 aliphatic rings. The second-order valence-corrected chi connectivity index (χ2v) is 3.16. The topological polar surface area (TPSA) is 3.24 Å². The van der Waals surface area contributed by atoms with Gasteiger partial charge in [0.2, 0.25) is 0 Å². The van der Waals surface area contributed by atoms with Crippen molar-refractivity contribution in [3.63, 3.8) is 0 Å². The summed E-state index contributed by atoms with van der Waals surface area (Å²) in [6.45, 7) is 2.14. The van der Waals surface area contributed by atoms with Gasteiger partial charge in [-0.1, -0.05) is 17.1 Å². The van der Waals surface area contributed by atoms with Crippen molar-refractivity contribution in [3.8, 4) is 0 Å². The van der Waals surface area contributed by atoms with E-state index in [4.69, 9.17) is 0 Å². The number of nitrogens with zero attached hydrogens (tertiary/aromatic N) is 1. The molecular weight excluding hydrogens is 133 g/mol. The Morgan fingerprint density at radius 3 is 2.36 bits per heavy atom. The molecule has 1 aromatic rings. The summed E-state index contributed by atoms with van der Waals surface area (Å²) in [6.07, 6.45) is 0. The molecule has 2 heteroatoms. The summed E-state index contributed by atoms with van der Waals surface area (Å²) in [5.74, 6) is 0. The van der Waals surface area contributed by atoms with Gasteiger partial charge in [0.15, 0.2) is 0 Å². The minimum absolute atomic E-state index is 1.27. The van der Waals surface area contributed by atoms with Gasteiger partial charge in [0.1, 0.15) is 7.85 Å². The Balaban J connectivity index is 3.05. The first-order valence-corrected chi connectivity index (χ1v) is 3.86. The standard InChI is InChI=1S/C9H14BN/c1-7-6-8(11(2)3)4-5-9(7)10/h4-6H,10H2,1-3H3. The maximum Gasteiger partial charge on any atom is 0.139 e. The Morgan fingerprint density at radius 1 is 1.27 bits per heavy atom. The van der Waals surface area contributed by atoms with Gasteiger partial charge in [-0.25, -0.2) is 0 Å². The third-order valence-corrected chi connectivity index (χ3v) is 2.01. The minimum Gasteiger partial charge on any atom is -0.378 e. The molecule has 0 aliphatic carbocycles.